The van der Waals surface area contributed by atoms with Gasteiger partial charge in [0.15, 0.2) is 0 Å². The predicted molar refractivity (Wildman–Crippen MR) is 142 cm³/mol. The number of likely N-dealkylation sites (tertiary alicyclic amines) is 2. The highest BCUT2D eigenvalue weighted by molar-refractivity contribution is 5.85. The van der Waals surface area contributed by atoms with Crippen molar-refractivity contribution < 1.29 is 19.1 Å². The highest BCUT2D eigenvalue weighted by Crippen LogP contribution is 2.41. The van der Waals surface area contributed by atoms with Gasteiger partial charge in [0.05, 0.1) is 19.8 Å². The molecule has 1 atom stereocenters. The smallest absolute Gasteiger partial charge is 0.407 e. The minimum atomic E-state index is -0.375. The number of ether oxygens (including phenoxy) is 2. The number of hydrogen-bond acceptors (Lipinski definition) is 5. The van der Waals surface area contributed by atoms with Crippen LogP contribution in [0.2, 0.25) is 0 Å². The lowest BCUT2D eigenvalue weighted by atomic mass is 9.77. The number of carbonyl (C=O) groups is 2. The maximum atomic E-state index is 12.8. The van der Waals surface area contributed by atoms with E-state index in [1.807, 2.05) is 66.4 Å². The van der Waals surface area contributed by atoms with Crippen LogP contribution in [0, 0.1) is 5.41 Å². The highest BCUT2D eigenvalue weighted by Gasteiger charge is 2.44. The van der Waals surface area contributed by atoms with E-state index in [-0.39, 0.29) is 35.9 Å². The van der Waals surface area contributed by atoms with E-state index in [9.17, 15) is 9.59 Å². The molecule has 2 fully saturated rings. The second kappa shape index (κ2) is 13.0. The number of nitrogens with zero attached hydrogens (tertiary/aromatic N) is 2. The van der Waals surface area contributed by atoms with Crippen molar-refractivity contribution in [2.45, 2.75) is 45.2 Å². The van der Waals surface area contributed by atoms with Crippen molar-refractivity contribution in [2.24, 2.45) is 5.41 Å². The van der Waals surface area contributed by atoms with Crippen LogP contribution in [0.4, 0.5) is 4.79 Å². The van der Waals surface area contributed by atoms with Gasteiger partial charge in [-0.25, -0.2) is 4.79 Å². The normalized spacial score (nSPS) is 17.9. The Morgan fingerprint density at radius 3 is 2.42 bits per heavy atom. The van der Waals surface area contributed by atoms with E-state index in [0.29, 0.717) is 19.6 Å². The summed E-state index contributed by atoms with van der Waals surface area (Å²) in [5.74, 6) is 1.09. The fraction of sp³-hybridized carbons (Fsp3) is 0.500. The van der Waals surface area contributed by atoms with E-state index in [0.717, 1.165) is 62.3 Å². The summed E-state index contributed by atoms with van der Waals surface area (Å²) in [4.78, 5) is 29.4. The summed E-state index contributed by atoms with van der Waals surface area (Å²) < 4.78 is 10.4. The van der Waals surface area contributed by atoms with Crippen LogP contribution >= 0.6 is 12.4 Å². The van der Waals surface area contributed by atoms with Crippen molar-refractivity contribution in [1.82, 2.24) is 15.1 Å². The largest absolute Gasteiger partial charge is 0.497 e. The van der Waals surface area contributed by atoms with Gasteiger partial charge in [0, 0.05) is 26.1 Å². The van der Waals surface area contributed by atoms with Crippen LogP contribution in [0.25, 0.3) is 0 Å². The third kappa shape index (κ3) is 7.14. The molecule has 0 aliphatic carbocycles. The van der Waals surface area contributed by atoms with Gasteiger partial charge in [-0.1, -0.05) is 42.5 Å². The van der Waals surface area contributed by atoms with E-state index in [4.69, 9.17) is 9.47 Å². The average molecular weight is 516 g/mol. The summed E-state index contributed by atoms with van der Waals surface area (Å²) in [7, 11) is 1.66. The summed E-state index contributed by atoms with van der Waals surface area (Å²) in [6.45, 7) is 6.51. The van der Waals surface area contributed by atoms with E-state index < -0.39 is 0 Å². The summed E-state index contributed by atoms with van der Waals surface area (Å²) >= 11 is 0. The molecule has 8 heteroatoms. The number of nitrogens with one attached hydrogen (secondary N) is 1. The quantitative estimate of drug-likeness (QED) is 0.519. The van der Waals surface area contributed by atoms with Gasteiger partial charge in [-0.15, -0.1) is 12.4 Å². The molecule has 4 rings (SSSR count). The zero-order valence-electron chi connectivity index (χ0n) is 21.3. The van der Waals surface area contributed by atoms with Gasteiger partial charge in [0.2, 0.25) is 5.91 Å². The Balaban J connectivity index is 0.00000361. The van der Waals surface area contributed by atoms with E-state index in [1.54, 1.807) is 7.11 Å². The Bertz CT molecular complexity index is 978. The number of alkyl carbamates (subject to hydrolysis) is 1. The molecule has 1 N–H and O–H groups in total. The second-order valence-electron chi connectivity index (χ2n) is 9.73. The molecule has 2 aliphatic rings. The molecule has 0 unspecified atom stereocenters. The molecule has 2 aromatic rings. The van der Waals surface area contributed by atoms with Gasteiger partial charge in [-0.05, 0) is 68.0 Å². The molecule has 2 aliphatic heterocycles. The summed E-state index contributed by atoms with van der Waals surface area (Å²) in [5, 5.41) is 3.02. The van der Waals surface area contributed by atoms with Gasteiger partial charge in [0.25, 0.3) is 0 Å². The minimum Gasteiger partial charge on any atom is -0.497 e. The molecule has 36 heavy (non-hydrogen) atoms. The van der Waals surface area contributed by atoms with Crippen molar-refractivity contribution in [3.05, 3.63) is 65.7 Å². The summed E-state index contributed by atoms with van der Waals surface area (Å²) in [6, 6.07) is 17.9. The van der Waals surface area contributed by atoms with Crippen molar-refractivity contribution in [2.75, 3.05) is 39.9 Å². The molecule has 0 bridgehead atoms. The van der Waals surface area contributed by atoms with Crippen LogP contribution in [0.3, 0.4) is 0 Å². The summed E-state index contributed by atoms with van der Waals surface area (Å²) in [5.41, 5.74) is 2.31. The number of carbonyl (C=O) groups excluding carboxylic acids is 2. The number of benzene rings is 2. The number of rotatable bonds is 9. The molecule has 0 radical (unpaired) electrons. The van der Waals surface area contributed by atoms with Gasteiger partial charge >= 0.3 is 6.09 Å². The molecular weight excluding hydrogens is 478 g/mol. The number of methoxy groups -OCH3 is 1. The Morgan fingerprint density at radius 1 is 1.08 bits per heavy atom. The molecule has 2 heterocycles. The molecule has 2 amide bonds. The fourth-order valence-electron chi connectivity index (χ4n) is 5.30. The Hall–Kier alpha value is -2.77. The number of piperidine rings is 1. The Labute approximate surface area is 220 Å². The molecule has 1 spiro atoms. The molecule has 0 saturated carbocycles. The fourth-order valence-corrected chi connectivity index (χ4v) is 5.30. The standard InChI is InChI=1S/C28H37N3O4.ClH/c1-3-35-27(33)29-25(23-7-5-4-6-8-23)13-16-30-17-14-28(15-18-30)19-26(32)31(21-28)20-22-9-11-24(34-2)12-10-22;/h4-12,25H,3,13-21H2,1-2H3,(H,29,33);1H/t25-;/m0./s1. The Kier molecular flexibility index (Phi) is 10.0. The van der Waals surface area contributed by atoms with Crippen LogP contribution < -0.4 is 10.1 Å². The maximum Gasteiger partial charge on any atom is 0.407 e. The molecule has 2 aromatic carbocycles. The zero-order chi connectivity index (χ0) is 24.7. The lowest BCUT2D eigenvalue weighted by Gasteiger charge is -2.39. The first kappa shape index (κ1) is 27.8. The third-order valence-corrected chi connectivity index (χ3v) is 7.36. The first-order valence-electron chi connectivity index (χ1n) is 12.6. The maximum absolute atomic E-state index is 12.8. The van der Waals surface area contributed by atoms with E-state index in [2.05, 4.69) is 10.2 Å². The van der Waals surface area contributed by atoms with Crippen LogP contribution in [0.15, 0.2) is 54.6 Å². The minimum absolute atomic E-state index is 0. The number of amides is 2. The van der Waals surface area contributed by atoms with Crippen LogP contribution in [0.5, 0.6) is 5.75 Å². The molecule has 196 valence electrons. The van der Waals surface area contributed by atoms with Crippen molar-refractivity contribution in [3.63, 3.8) is 0 Å². The van der Waals surface area contributed by atoms with Gasteiger partial charge in [0.1, 0.15) is 5.75 Å². The third-order valence-electron chi connectivity index (χ3n) is 7.36. The summed E-state index contributed by atoms with van der Waals surface area (Å²) in [6.07, 6.45) is 3.14. The van der Waals surface area contributed by atoms with Crippen molar-refractivity contribution >= 4 is 24.4 Å². The van der Waals surface area contributed by atoms with Crippen LogP contribution in [-0.2, 0) is 16.1 Å². The van der Waals surface area contributed by atoms with E-state index >= 15 is 0 Å². The first-order chi connectivity index (χ1) is 17.0. The van der Waals surface area contributed by atoms with Crippen LogP contribution in [0.1, 0.15) is 49.8 Å². The zero-order valence-corrected chi connectivity index (χ0v) is 22.1. The van der Waals surface area contributed by atoms with Crippen LogP contribution in [-0.4, -0.2) is 61.7 Å². The molecular formula is C28H38ClN3O4. The molecule has 7 nitrogen and oxygen atoms in total. The molecule has 2 saturated heterocycles. The SMILES string of the molecule is CCOC(=O)N[C@@H](CCN1CCC2(CC1)CC(=O)N(Cc1ccc(OC)cc1)C2)c1ccccc1.Cl. The Morgan fingerprint density at radius 2 is 1.78 bits per heavy atom. The topological polar surface area (TPSA) is 71.1 Å². The molecule has 0 aromatic heterocycles. The van der Waals surface area contributed by atoms with E-state index in [1.165, 1.54) is 0 Å². The number of hydrogen-bond donors (Lipinski definition) is 1. The average Bonchev–Trinajstić information content (AvgIpc) is 3.18. The second-order valence-corrected chi connectivity index (χ2v) is 9.73. The van der Waals surface area contributed by atoms with Gasteiger partial charge < -0.3 is 24.6 Å². The monoisotopic (exact) mass is 515 g/mol. The predicted octanol–water partition coefficient (Wildman–Crippen LogP) is 4.81. The van der Waals surface area contributed by atoms with Gasteiger partial charge in [-0.3, -0.25) is 4.79 Å². The highest BCUT2D eigenvalue weighted by atomic mass is 35.5. The van der Waals surface area contributed by atoms with Gasteiger partial charge in [-0.2, -0.15) is 0 Å². The number of halogens is 1. The van der Waals surface area contributed by atoms with Crippen molar-refractivity contribution in [1.29, 1.82) is 0 Å². The lowest BCUT2D eigenvalue weighted by Crippen LogP contribution is -2.42. The lowest BCUT2D eigenvalue weighted by molar-refractivity contribution is -0.128. The van der Waals surface area contributed by atoms with Crippen molar-refractivity contribution in [3.8, 4) is 5.75 Å². The first-order valence-corrected chi connectivity index (χ1v) is 12.6.